The molecule has 1 aliphatic heterocycles. The number of fused-ring (bicyclic) bond motifs is 2. The summed E-state index contributed by atoms with van der Waals surface area (Å²) in [7, 11) is 3.18. The Bertz CT molecular complexity index is 2410. The normalized spacial score (nSPS) is 14.3. The van der Waals surface area contributed by atoms with Crippen LogP contribution >= 0.6 is 11.3 Å². The molecule has 0 saturated heterocycles. The number of hydrogen-bond acceptors (Lipinski definition) is 7. The lowest BCUT2D eigenvalue weighted by Gasteiger charge is -2.25. The Morgan fingerprint density at radius 1 is 0.898 bits per heavy atom. The summed E-state index contributed by atoms with van der Waals surface area (Å²) >= 11 is 1.26. The minimum atomic E-state index is -0.746. The van der Waals surface area contributed by atoms with E-state index < -0.39 is 6.04 Å². The number of carbonyl (C=O) groups excluding carboxylic acids is 1. The number of nitrogens with one attached hydrogen (secondary N) is 1. The first-order chi connectivity index (χ1) is 23.9. The summed E-state index contributed by atoms with van der Waals surface area (Å²) in [6.45, 7) is 2.10. The fourth-order valence-electron chi connectivity index (χ4n) is 6.13. The Balaban J connectivity index is 1.33. The molecule has 1 N–H and O–H groups in total. The maximum absolute atomic E-state index is 14.4. The van der Waals surface area contributed by atoms with Crippen LogP contribution in [0.5, 0.6) is 17.2 Å². The topological polar surface area (TPSA) is 91.2 Å². The highest BCUT2D eigenvalue weighted by Crippen LogP contribution is 2.34. The molecule has 0 radical (unpaired) electrons. The van der Waals surface area contributed by atoms with E-state index in [2.05, 4.69) is 23.5 Å². The number of aromatic nitrogens is 1. The van der Waals surface area contributed by atoms with Crippen LogP contribution in [0.1, 0.15) is 29.7 Å². The number of carbonyl (C=O) groups is 1. The number of benzene rings is 5. The highest BCUT2D eigenvalue weighted by molar-refractivity contribution is 7.07. The number of thiazole rings is 1. The zero-order valence-electron chi connectivity index (χ0n) is 27.2. The molecule has 49 heavy (non-hydrogen) atoms. The third kappa shape index (κ3) is 6.24. The van der Waals surface area contributed by atoms with Gasteiger partial charge in [-0.1, -0.05) is 96.3 Å². The van der Waals surface area contributed by atoms with E-state index in [4.69, 9.17) is 19.2 Å². The molecule has 0 saturated carbocycles. The first kappa shape index (κ1) is 31.7. The van der Waals surface area contributed by atoms with Crippen LogP contribution in [0.3, 0.4) is 0 Å². The van der Waals surface area contributed by atoms with Crippen molar-refractivity contribution in [2.24, 2.45) is 4.99 Å². The van der Waals surface area contributed by atoms with Gasteiger partial charge in [-0.15, -0.1) is 0 Å². The van der Waals surface area contributed by atoms with Crippen molar-refractivity contribution in [1.82, 2.24) is 4.57 Å². The van der Waals surface area contributed by atoms with E-state index in [1.54, 1.807) is 31.8 Å². The highest BCUT2D eigenvalue weighted by Gasteiger charge is 2.33. The van der Waals surface area contributed by atoms with Crippen molar-refractivity contribution >= 4 is 39.8 Å². The van der Waals surface area contributed by atoms with Crippen LogP contribution in [0, 0.1) is 0 Å². The van der Waals surface area contributed by atoms with Crippen LogP contribution < -0.4 is 34.4 Å². The Hall–Kier alpha value is -5.93. The molecule has 8 nitrogen and oxygen atoms in total. The Kier molecular flexibility index (Phi) is 8.83. The molecule has 0 fully saturated rings. The summed E-state index contributed by atoms with van der Waals surface area (Å²) in [5, 5.41) is 5.22. The molecule has 6 aromatic rings. The molecular formula is C40H33N3O5S. The number of para-hydroxylation sites is 2. The number of amides is 1. The van der Waals surface area contributed by atoms with Crippen molar-refractivity contribution < 1.29 is 19.0 Å². The van der Waals surface area contributed by atoms with Crippen molar-refractivity contribution in [2.45, 2.75) is 19.6 Å². The monoisotopic (exact) mass is 667 g/mol. The molecule has 0 bridgehead atoms. The lowest BCUT2D eigenvalue weighted by molar-refractivity contribution is -0.113. The van der Waals surface area contributed by atoms with Gasteiger partial charge in [-0.05, 0) is 65.2 Å². The zero-order chi connectivity index (χ0) is 33.9. The number of nitrogens with zero attached hydrogens (tertiary/aromatic N) is 2. The van der Waals surface area contributed by atoms with E-state index in [0.717, 1.165) is 21.9 Å². The zero-order valence-corrected chi connectivity index (χ0v) is 28.0. The van der Waals surface area contributed by atoms with E-state index in [0.29, 0.717) is 55.7 Å². The molecular weight excluding hydrogens is 635 g/mol. The first-order valence-electron chi connectivity index (χ1n) is 15.7. The average Bonchev–Trinajstić information content (AvgIpc) is 3.44. The third-order valence-corrected chi connectivity index (χ3v) is 9.46. The van der Waals surface area contributed by atoms with Crippen molar-refractivity contribution in [2.75, 3.05) is 19.5 Å². The molecule has 1 aliphatic rings. The molecule has 2 heterocycles. The van der Waals surface area contributed by atoms with E-state index >= 15 is 0 Å². The van der Waals surface area contributed by atoms with Gasteiger partial charge in [0.25, 0.3) is 11.5 Å². The van der Waals surface area contributed by atoms with Gasteiger partial charge in [0.1, 0.15) is 12.4 Å². The number of rotatable bonds is 9. The molecule has 244 valence electrons. The maximum atomic E-state index is 14.4. The van der Waals surface area contributed by atoms with Gasteiger partial charge in [-0.25, -0.2) is 4.99 Å². The molecule has 1 atom stereocenters. The second kappa shape index (κ2) is 13.7. The maximum Gasteiger partial charge on any atom is 0.271 e. The summed E-state index contributed by atoms with van der Waals surface area (Å²) in [5.74, 6) is 1.34. The lowest BCUT2D eigenvalue weighted by atomic mass is 9.95. The summed E-state index contributed by atoms with van der Waals surface area (Å²) in [5.41, 5.74) is 3.69. The van der Waals surface area contributed by atoms with Gasteiger partial charge in [-0.3, -0.25) is 14.2 Å². The van der Waals surface area contributed by atoms with Crippen LogP contribution in [-0.2, 0) is 11.4 Å². The number of methoxy groups -OCH3 is 2. The fraction of sp³-hybridized carbons (Fsp3) is 0.125. The smallest absolute Gasteiger partial charge is 0.271 e. The van der Waals surface area contributed by atoms with E-state index in [-0.39, 0.29) is 11.5 Å². The van der Waals surface area contributed by atoms with Crippen LogP contribution in [0.15, 0.2) is 136 Å². The van der Waals surface area contributed by atoms with E-state index in [9.17, 15) is 9.59 Å². The summed E-state index contributed by atoms with van der Waals surface area (Å²) in [4.78, 5) is 33.6. The van der Waals surface area contributed by atoms with Crippen LogP contribution in [0.25, 0.3) is 16.8 Å². The van der Waals surface area contributed by atoms with Crippen molar-refractivity contribution in [3.8, 4) is 17.2 Å². The van der Waals surface area contributed by atoms with Gasteiger partial charge in [0, 0.05) is 11.3 Å². The molecule has 7 rings (SSSR count). The van der Waals surface area contributed by atoms with Crippen molar-refractivity contribution in [3.63, 3.8) is 0 Å². The minimum Gasteiger partial charge on any atom is -0.497 e. The van der Waals surface area contributed by atoms with E-state index in [1.165, 1.54) is 11.3 Å². The molecule has 9 heteroatoms. The Labute approximate surface area is 286 Å². The Morgan fingerprint density at radius 2 is 1.65 bits per heavy atom. The fourth-order valence-corrected chi connectivity index (χ4v) is 7.17. The van der Waals surface area contributed by atoms with Gasteiger partial charge in [0.2, 0.25) is 0 Å². The van der Waals surface area contributed by atoms with Crippen LogP contribution in [0.4, 0.5) is 5.69 Å². The standard InChI is InChI=1S/C40H33N3O5S/c1-25-35(38(44)42-30-17-5-4-6-18-30)36(27-14-10-19-31(22-27)46-2)43-39(45)34(49-40(43)41-25)23-28-15-11-21-33(47-3)37(28)48-24-29-16-9-13-26-12-7-8-20-32(26)29/h4-23,36H,24H2,1-3H3,(H,42,44)/b34-23-/t36-/m0/s1. The summed E-state index contributed by atoms with van der Waals surface area (Å²) < 4.78 is 19.7. The third-order valence-electron chi connectivity index (χ3n) is 8.48. The Morgan fingerprint density at radius 3 is 2.47 bits per heavy atom. The summed E-state index contributed by atoms with van der Waals surface area (Å²) in [6, 6.07) is 35.8. The number of ether oxygens (including phenoxy) is 3. The van der Waals surface area contributed by atoms with Crippen molar-refractivity contribution in [3.05, 3.63) is 163 Å². The molecule has 0 unspecified atom stereocenters. The largest absolute Gasteiger partial charge is 0.497 e. The molecule has 0 aliphatic carbocycles. The van der Waals surface area contributed by atoms with Crippen LogP contribution in [0.2, 0.25) is 0 Å². The minimum absolute atomic E-state index is 0.281. The van der Waals surface area contributed by atoms with Gasteiger partial charge >= 0.3 is 0 Å². The second-order valence-corrected chi connectivity index (χ2v) is 12.5. The quantitative estimate of drug-likeness (QED) is 0.187. The lowest BCUT2D eigenvalue weighted by Crippen LogP contribution is -2.40. The molecule has 1 amide bonds. The molecule has 1 aromatic heterocycles. The number of anilines is 1. The van der Waals surface area contributed by atoms with Crippen LogP contribution in [-0.4, -0.2) is 24.7 Å². The number of allylic oxidation sites excluding steroid dienone is 1. The highest BCUT2D eigenvalue weighted by atomic mass is 32.1. The van der Waals surface area contributed by atoms with Gasteiger partial charge in [0.05, 0.1) is 36.1 Å². The molecule has 5 aromatic carbocycles. The van der Waals surface area contributed by atoms with Gasteiger partial charge in [0.15, 0.2) is 16.3 Å². The number of hydrogen-bond donors (Lipinski definition) is 1. The second-order valence-electron chi connectivity index (χ2n) is 11.5. The van der Waals surface area contributed by atoms with Gasteiger partial charge < -0.3 is 19.5 Å². The van der Waals surface area contributed by atoms with Gasteiger partial charge in [-0.2, -0.15) is 0 Å². The predicted octanol–water partition coefficient (Wildman–Crippen LogP) is 6.62. The van der Waals surface area contributed by atoms with Crippen molar-refractivity contribution in [1.29, 1.82) is 0 Å². The summed E-state index contributed by atoms with van der Waals surface area (Å²) in [6.07, 6.45) is 1.80. The average molecular weight is 668 g/mol. The molecule has 0 spiro atoms. The first-order valence-corrected chi connectivity index (χ1v) is 16.6. The van der Waals surface area contributed by atoms with E-state index in [1.807, 2.05) is 97.1 Å². The predicted molar refractivity (Wildman–Crippen MR) is 193 cm³/mol. The SMILES string of the molecule is COc1cccc([C@H]2C(C(=O)Nc3ccccc3)=C(C)N=c3s/c(=C\c4cccc(OC)c4OCc4cccc5ccccc45)c(=O)n32)c1.